The maximum absolute atomic E-state index is 13.8. The van der Waals surface area contributed by atoms with Gasteiger partial charge in [-0.25, -0.2) is 4.39 Å². The number of methoxy groups -OCH3 is 2. The van der Waals surface area contributed by atoms with Crippen molar-refractivity contribution >= 4 is 27.3 Å². The van der Waals surface area contributed by atoms with Crippen LogP contribution >= 0.6 is 11.3 Å². The molecule has 0 saturated carbocycles. The molecule has 3 atom stereocenters. The Balaban J connectivity index is 1.42. The minimum Gasteiger partial charge on any atom is -0.497 e. The molecule has 32 heavy (non-hydrogen) atoms. The number of halogens is 1. The third-order valence-corrected chi connectivity index (χ3v) is 7.98. The molecule has 2 saturated heterocycles. The van der Waals surface area contributed by atoms with Crippen LogP contribution in [0.5, 0.6) is 11.5 Å². The summed E-state index contributed by atoms with van der Waals surface area (Å²) in [4.78, 5) is 12.0. The van der Waals surface area contributed by atoms with Gasteiger partial charge in [-0.1, -0.05) is 11.2 Å². The van der Waals surface area contributed by atoms with Gasteiger partial charge >= 0.3 is 0 Å². The van der Waals surface area contributed by atoms with Crippen molar-refractivity contribution < 1.29 is 18.7 Å². The Hall–Kier alpha value is -2.84. The van der Waals surface area contributed by atoms with Gasteiger partial charge in [0.05, 0.1) is 32.2 Å². The zero-order chi connectivity index (χ0) is 21.9. The Morgan fingerprint density at radius 1 is 1.19 bits per heavy atom. The summed E-state index contributed by atoms with van der Waals surface area (Å²) in [5.41, 5.74) is 0.552. The summed E-state index contributed by atoms with van der Waals surface area (Å²) in [6, 6.07) is 12.9. The van der Waals surface area contributed by atoms with Gasteiger partial charge in [0.1, 0.15) is 17.3 Å². The van der Waals surface area contributed by atoms with Crippen LogP contribution < -0.4 is 9.47 Å². The van der Waals surface area contributed by atoms with Crippen LogP contribution in [0.1, 0.15) is 16.9 Å². The van der Waals surface area contributed by atoms with Crippen LogP contribution in [-0.2, 0) is 11.4 Å². The molecule has 0 amide bonds. The van der Waals surface area contributed by atoms with Crippen LogP contribution in [0.25, 0.3) is 10.1 Å². The van der Waals surface area contributed by atoms with Crippen LogP contribution in [0.3, 0.4) is 0 Å². The monoisotopic (exact) mass is 453 g/mol. The van der Waals surface area contributed by atoms with E-state index in [1.807, 2.05) is 24.3 Å². The normalized spacial score (nSPS) is 26.1. The lowest BCUT2D eigenvalue weighted by Crippen LogP contribution is -2.56. The second kappa shape index (κ2) is 7.35. The Labute approximate surface area is 189 Å². The maximum Gasteiger partial charge on any atom is 0.228 e. The number of piperidine rings is 1. The number of fused-ring (bicyclic) bond motifs is 4. The van der Waals surface area contributed by atoms with Crippen LogP contribution in [0.2, 0.25) is 0 Å². The van der Waals surface area contributed by atoms with E-state index in [-0.39, 0.29) is 5.82 Å². The van der Waals surface area contributed by atoms with Gasteiger partial charge in [0.25, 0.3) is 0 Å². The van der Waals surface area contributed by atoms with E-state index in [1.54, 1.807) is 31.6 Å². The van der Waals surface area contributed by atoms with E-state index in [0.29, 0.717) is 12.5 Å². The van der Waals surface area contributed by atoms with Crippen molar-refractivity contribution in [2.45, 2.75) is 18.7 Å². The van der Waals surface area contributed by atoms with Crippen molar-refractivity contribution in [3.05, 3.63) is 58.7 Å². The molecule has 8 heteroatoms. The molecule has 3 aliphatic rings. The topological polar surface area (TPSA) is 46.5 Å². The van der Waals surface area contributed by atoms with E-state index in [0.717, 1.165) is 63.9 Å². The number of hydrogen-bond acceptors (Lipinski definition) is 7. The fourth-order valence-corrected chi connectivity index (χ4v) is 6.34. The van der Waals surface area contributed by atoms with E-state index >= 15 is 0 Å². The molecule has 3 aromatic rings. The van der Waals surface area contributed by atoms with E-state index in [2.05, 4.69) is 21.0 Å². The van der Waals surface area contributed by atoms with Crippen LogP contribution in [0.15, 0.2) is 47.6 Å². The van der Waals surface area contributed by atoms with Gasteiger partial charge in [-0.15, -0.1) is 11.3 Å². The summed E-state index contributed by atoms with van der Waals surface area (Å²) < 4.78 is 25.7. The van der Waals surface area contributed by atoms with Crippen LogP contribution in [0.4, 0.5) is 4.39 Å². The molecule has 166 valence electrons. The lowest BCUT2D eigenvalue weighted by molar-refractivity contribution is -0.130. The van der Waals surface area contributed by atoms with Crippen molar-refractivity contribution in [2.24, 2.45) is 11.1 Å². The summed E-state index contributed by atoms with van der Waals surface area (Å²) in [5.74, 6) is 2.49. The van der Waals surface area contributed by atoms with Gasteiger partial charge in [-0.3, -0.25) is 4.90 Å². The number of nitrogens with zero attached hydrogens (tertiary/aromatic N) is 3. The predicted molar refractivity (Wildman–Crippen MR) is 122 cm³/mol. The second-order valence-electron chi connectivity index (χ2n) is 8.63. The molecule has 2 bridgehead atoms. The fraction of sp³-hybridized carbons (Fsp3) is 0.375. The lowest BCUT2D eigenvalue weighted by Gasteiger charge is -2.40. The first-order chi connectivity index (χ1) is 15.6. The number of ether oxygens (including phenoxy) is 2. The molecule has 2 aromatic carbocycles. The highest BCUT2D eigenvalue weighted by Crippen LogP contribution is 2.47. The highest BCUT2D eigenvalue weighted by atomic mass is 32.1. The molecular formula is C24H24FN3O3S. The number of amidine groups is 1. The average Bonchev–Trinajstić information content (AvgIpc) is 3.58. The minimum atomic E-state index is -0.486. The second-order valence-corrected chi connectivity index (χ2v) is 9.71. The van der Waals surface area contributed by atoms with Gasteiger partial charge in [-0.2, -0.15) is 0 Å². The summed E-state index contributed by atoms with van der Waals surface area (Å²) in [6.45, 7) is 3.55. The molecule has 4 heterocycles. The van der Waals surface area contributed by atoms with E-state index < -0.39 is 5.72 Å². The number of oxime groups is 1. The number of benzene rings is 2. The highest BCUT2D eigenvalue weighted by molar-refractivity contribution is 7.20. The molecule has 2 fully saturated rings. The van der Waals surface area contributed by atoms with Gasteiger partial charge in [0.15, 0.2) is 5.84 Å². The van der Waals surface area contributed by atoms with Crippen LogP contribution in [0, 0.1) is 11.7 Å². The van der Waals surface area contributed by atoms with E-state index in [4.69, 9.17) is 14.3 Å². The molecule has 3 unspecified atom stereocenters. The SMILES string of the molecule is COc1ccc(CN2C(c3cc4ccc(F)cc4s3)=NOC23CN2CCC3C2)c(OC)c1. The third-order valence-electron chi connectivity index (χ3n) is 6.89. The molecule has 6 rings (SSSR count). The number of rotatable bonds is 5. The van der Waals surface area contributed by atoms with Crippen molar-refractivity contribution in [3.8, 4) is 11.5 Å². The van der Waals surface area contributed by atoms with Crippen molar-refractivity contribution in [2.75, 3.05) is 33.9 Å². The summed E-state index contributed by atoms with van der Waals surface area (Å²) in [5, 5.41) is 5.62. The standard InChI is InChI=1S/C24H24FN3O3S/c1-29-19-6-4-16(20(11-19)30-2)12-28-23(22-9-15-3-5-18(25)10-21(15)32-22)26-31-24(28)14-27-8-7-17(24)13-27/h3-6,9-11,17H,7-8,12-14H2,1-2H3. The Morgan fingerprint density at radius 2 is 2.09 bits per heavy atom. The first kappa shape index (κ1) is 19.8. The quantitative estimate of drug-likeness (QED) is 0.577. The third kappa shape index (κ3) is 2.97. The molecule has 0 aliphatic carbocycles. The molecule has 1 aromatic heterocycles. The molecular weight excluding hydrogens is 429 g/mol. The fourth-order valence-electron chi connectivity index (χ4n) is 5.26. The van der Waals surface area contributed by atoms with Gasteiger partial charge in [0.2, 0.25) is 5.72 Å². The molecule has 6 nitrogen and oxygen atoms in total. The van der Waals surface area contributed by atoms with Gasteiger partial charge in [0, 0.05) is 28.8 Å². The average molecular weight is 454 g/mol. The largest absolute Gasteiger partial charge is 0.497 e. The summed E-state index contributed by atoms with van der Waals surface area (Å²) >= 11 is 1.54. The molecule has 1 spiro atoms. The molecule has 0 N–H and O–H groups in total. The lowest BCUT2D eigenvalue weighted by atomic mass is 9.93. The Bertz CT molecular complexity index is 1230. The highest BCUT2D eigenvalue weighted by Gasteiger charge is 2.60. The van der Waals surface area contributed by atoms with Crippen LogP contribution in [-0.4, -0.2) is 55.2 Å². The first-order valence-electron chi connectivity index (χ1n) is 10.8. The molecule has 3 aliphatic heterocycles. The van der Waals surface area contributed by atoms with Gasteiger partial charge < -0.3 is 19.2 Å². The number of thiophene rings is 1. The maximum atomic E-state index is 13.8. The predicted octanol–water partition coefficient (Wildman–Crippen LogP) is 4.28. The number of hydrogen-bond donors (Lipinski definition) is 0. The van der Waals surface area contributed by atoms with E-state index in [1.165, 1.54) is 6.07 Å². The minimum absolute atomic E-state index is 0.229. The Morgan fingerprint density at radius 3 is 2.84 bits per heavy atom. The zero-order valence-electron chi connectivity index (χ0n) is 18.0. The summed E-state index contributed by atoms with van der Waals surface area (Å²) in [6.07, 6.45) is 1.09. The van der Waals surface area contributed by atoms with Crippen molar-refractivity contribution in [1.82, 2.24) is 9.80 Å². The summed E-state index contributed by atoms with van der Waals surface area (Å²) in [7, 11) is 3.32. The van der Waals surface area contributed by atoms with Gasteiger partial charge in [-0.05, 0) is 48.7 Å². The Kier molecular flexibility index (Phi) is 4.55. The van der Waals surface area contributed by atoms with Crippen molar-refractivity contribution in [1.29, 1.82) is 0 Å². The van der Waals surface area contributed by atoms with E-state index in [9.17, 15) is 4.39 Å². The zero-order valence-corrected chi connectivity index (χ0v) is 18.8. The van der Waals surface area contributed by atoms with Crippen molar-refractivity contribution in [3.63, 3.8) is 0 Å². The first-order valence-corrected chi connectivity index (χ1v) is 11.6. The molecule has 0 radical (unpaired) electrons. The smallest absolute Gasteiger partial charge is 0.228 e.